The van der Waals surface area contributed by atoms with Gasteiger partial charge in [-0.25, -0.2) is 8.78 Å². The van der Waals surface area contributed by atoms with Gasteiger partial charge in [-0.1, -0.05) is 49.6 Å². The zero-order valence-electron chi connectivity index (χ0n) is 16.7. The number of alkyl halides is 2. The van der Waals surface area contributed by atoms with Gasteiger partial charge in [-0.05, 0) is 36.3 Å². The number of carboxylic acids is 1. The summed E-state index contributed by atoms with van der Waals surface area (Å²) in [6.07, 6.45) is 3.49. The Morgan fingerprint density at radius 1 is 1.23 bits per heavy atom. The lowest BCUT2D eigenvalue weighted by Gasteiger charge is -2.22. The molecule has 0 saturated heterocycles. The van der Waals surface area contributed by atoms with E-state index in [1.807, 2.05) is 30.3 Å². The molecule has 2 aromatic rings. The largest absolute Gasteiger partial charge is 0.481 e. The summed E-state index contributed by atoms with van der Waals surface area (Å²) in [5.41, 5.74) is 0. The summed E-state index contributed by atoms with van der Waals surface area (Å²) in [6.45, 7) is 0. The first-order valence-electron chi connectivity index (χ1n) is 10.4. The van der Waals surface area contributed by atoms with E-state index in [0.717, 1.165) is 22.9 Å². The van der Waals surface area contributed by atoms with Crippen LogP contribution in [-0.2, 0) is 4.79 Å². The quantitative estimate of drug-likeness (QED) is 0.336. The van der Waals surface area contributed by atoms with Gasteiger partial charge in [0.15, 0.2) is 0 Å². The van der Waals surface area contributed by atoms with Crippen LogP contribution in [0.25, 0.3) is 10.1 Å². The SMILES string of the molecule is O=C(O)CCCCCC[C@H]1[C@H](O)CC(F)(F)[C@H]1C=C[C@@H](O)c1cc2ccccc2s1. The van der Waals surface area contributed by atoms with E-state index in [0.29, 0.717) is 24.1 Å². The van der Waals surface area contributed by atoms with E-state index in [-0.39, 0.29) is 6.42 Å². The highest BCUT2D eigenvalue weighted by Gasteiger charge is 2.53. The molecule has 1 saturated carbocycles. The summed E-state index contributed by atoms with van der Waals surface area (Å²) in [5.74, 6) is -5.52. The van der Waals surface area contributed by atoms with Crippen molar-refractivity contribution in [2.45, 2.75) is 63.1 Å². The maximum atomic E-state index is 14.5. The molecule has 0 aliphatic heterocycles. The standard InChI is InChI=1S/C23H28F2O4S/c24-23(25)14-19(27)16(8-3-1-2-4-10-22(28)29)17(23)11-12-18(26)21-13-15-7-5-6-9-20(15)30-21/h5-7,9,11-13,16-19,26-27H,1-4,8,10,14H2,(H,28,29)/t16-,17+,18-,19-/m1/s1. The van der Waals surface area contributed by atoms with Crippen molar-refractivity contribution in [3.63, 3.8) is 0 Å². The molecule has 1 aromatic carbocycles. The monoisotopic (exact) mass is 438 g/mol. The smallest absolute Gasteiger partial charge is 0.303 e. The number of carboxylic acid groups (broad SMARTS) is 1. The van der Waals surface area contributed by atoms with Crippen LogP contribution >= 0.6 is 11.3 Å². The lowest BCUT2D eigenvalue weighted by molar-refractivity contribution is -0.137. The molecule has 1 aliphatic carbocycles. The van der Waals surface area contributed by atoms with Crippen LogP contribution in [-0.4, -0.2) is 33.3 Å². The van der Waals surface area contributed by atoms with Gasteiger partial charge in [0.1, 0.15) is 6.10 Å². The van der Waals surface area contributed by atoms with E-state index >= 15 is 0 Å². The number of benzene rings is 1. The molecule has 1 heterocycles. The van der Waals surface area contributed by atoms with Crippen LogP contribution in [0.15, 0.2) is 42.5 Å². The van der Waals surface area contributed by atoms with Crippen molar-refractivity contribution in [1.29, 1.82) is 0 Å². The van der Waals surface area contributed by atoms with Gasteiger partial charge in [0.25, 0.3) is 5.92 Å². The average Bonchev–Trinajstić information content (AvgIpc) is 3.20. The molecule has 164 valence electrons. The fourth-order valence-electron chi connectivity index (χ4n) is 4.25. The zero-order chi connectivity index (χ0) is 21.7. The summed E-state index contributed by atoms with van der Waals surface area (Å²) in [6, 6.07) is 9.59. The van der Waals surface area contributed by atoms with Crippen molar-refractivity contribution in [3.05, 3.63) is 47.4 Å². The number of aliphatic hydroxyl groups is 2. The van der Waals surface area contributed by atoms with Crippen molar-refractivity contribution < 1.29 is 28.9 Å². The number of hydrogen-bond donors (Lipinski definition) is 3. The topological polar surface area (TPSA) is 77.8 Å². The Bertz CT molecular complexity index is 846. The van der Waals surface area contributed by atoms with Crippen LogP contribution in [0.4, 0.5) is 8.78 Å². The van der Waals surface area contributed by atoms with E-state index in [2.05, 4.69) is 0 Å². The molecule has 0 amide bonds. The number of aliphatic carboxylic acids is 1. The van der Waals surface area contributed by atoms with Gasteiger partial charge in [0, 0.05) is 28.3 Å². The van der Waals surface area contributed by atoms with Gasteiger partial charge in [-0.15, -0.1) is 11.3 Å². The summed E-state index contributed by atoms with van der Waals surface area (Å²) in [7, 11) is 0. The minimum absolute atomic E-state index is 0.116. The molecule has 3 rings (SSSR count). The van der Waals surface area contributed by atoms with Crippen LogP contribution in [0.2, 0.25) is 0 Å². The van der Waals surface area contributed by atoms with Crippen molar-refractivity contribution >= 4 is 27.4 Å². The highest BCUT2D eigenvalue weighted by molar-refractivity contribution is 7.19. The molecule has 0 unspecified atom stereocenters. The normalized spacial score (nSPS) is 24.6. The molecule has 0 bridgehead atoms. The Hall–Kier alpha value is -1.83. The zero-order valence-corrected chi connectivity index (χ0v) is 17.5. The number of thiophene rings is 1. The van der Waals surface area contributed by atoms with Crippen LogP contribution < -0.4 is 0 Å². The number of rotatable bonds is 10. The predicted molar refractivity (Wildman–Crippen MR) is 114 cm³/mol. The van der Waals surface area contributed by atoms with Crippen LogP contribution in [0.1, 0.15) is 55.9 Å². The van der Waals surface area contributed by atoms with Gasteiger partial charge in [-0.3, -0.25) is 4.79 Å². The molecule has 4 atom stereocenters. The Morgan fingerprint density at radius 2 is 1.97 bits per heavy atom. The number of unbranched alkanes of at least 4 members (excludes halogenated alkanes) is 3. The molecule has 1 aromatic heterocycles. The van der Waals surface area contributed by atoms with Gasteiger partial charge in [-0.2, -0.15) is 0 Å². The molecule has 30 heavy (non-hydrogen) atoms. The highest BCUT2D eigenvalue weighted by atomic mass is 32.1. The second-order valence-corrected chi connectivity index (χ2v) is 9.20. The van der Waals surface area contributed by atoms with E-state index in [9.17, 15) is 23.8 Å². The van der Waals surface area contributed by atoms with Gasteiger partial charge in [0.05, 0.1) is 6.10 Å². The maximum absolute atomic E-state index is 14.5. The Kier molecular flexibility index (Phi) is 7.60. The molecule has 1 fully saturated rings. The van der Waals surface area contributed by atoms with E-state index in [1.165, 1.54) is 23.5 Å². The van der Waals surface area contributed by atoms with E-state index < -0.39 is 42.4 Å². The lowest BCUT2D eigenvalue weighted by atomic mass is 9.87. The van der Waals surface area contributed by atoms with Crippen LogP contribution in [0.3, 0.4) is 0 Å². The molecule has 7 heteroatoms. The average molecular weight is 439 g/mol. The van der Waals surface area contributed by atoms with Crippen molar-refractivity contribution in [1.82, 2.24) is 0 Å². The first kappa shape index (κ1) is 22.8. The van der Waals surface area contributed by atoms with E-state index in [4.69, 9.17) is 5.11 Å². The summed E-state index contributed by atoms with van der Waals surface area (Å²) >= 11 is 1.43. The molecule has 3 N–H and O–H groups in total. The third kappa shape index (κ3) is 5.65. The van der Waals surface area contributed by atoms with Crippen molar-refractivity contribution in [3.8, 4) is 0 Å². The summed E-state index contributed by atoms with van der Waals surface area (Å²) in [4.78, 5) is 11.2. The minimum atomic E-state index is -3.01. The third-order valence-corrected chi connectivity index (χ3v) is 7.03. The summed E-state index contributed by atoms with van der Waals surface area (Å²) < 4.78 is 30.0. The number of allylic oxidation sites excluding steroid dienone is 1. The molecule has 0 spiro atoms. The fraction of sp³-hybridized carbons (Fsp3) is 0.522. The highest BCUT2D eigenvalue weighted by Crippen LogP contribution is 2.47. The van der Waals surface area contributed by atoms with Gasteiger partial charge >= 0.3 is 5.97 Å². The minimum Gasteiger partial charge on any atom is -0.481 e. The number of aliphatic hydroxyl groups excluding tert-OH is 2. The lowest BCUT2D eigenvalue weighted by Crippen LogP contribution is -2.24. The number of carbonyl (C=O) groups is 1. The number of fused-ring (bicyclic) bond motifs is 1. The first-order valence-corrected chi connectivity index (χ1v) is 11.2. The number of hydrogen-bond acceptors (Lipinski definition) is 4. The second kappa shape index (κ2) is 9.98. The van der Waals surface area contributed by atoms with E-state index in [1.54, 1.807) is 0 Å². The Morgan fingerprint density at radius 3 is 2.70 bits per heavy atom. The Balaban J connectivity index is 1.61. The summed E-state index contributed by atoms with van der Waals surface area (Å²) in [5, 5.41) is 30.3. The fourth-order valence-corrected chi connectivity index (χ4v) is 5.28. The molecule has 0 radical (unpaired) electrons. The molecular weight excluding hydrogens is 410 g/mol. The third-order valence-electron chi connectivity index (χ3n) is 5.84. The number of halogens is 2. The van der Waals surface area contributed by atoms with Crippen molar-refractivity contribution in [2.24, 2.45) is 11.8 Å². The van der Waals surface area contributed by atoms with Gasteiger partial charge < -0.3 is 15.3 Å². The molecule has 1 aliphatic rings. The first-order chi connectivity index (χ1) is 14.3. The van der Waals surface area contributed by atoms with Crippen LogP contribution in [0, 0.1) is 11.8 Å². The second-order valence-electron chi connectivity index (χ2n) is 8.09. The Labute approximate surface area is 178 Å². The molecule has 4 nitrogen and oxygen atoms in total. The van der Waals surface area contributed by atoms with Gasteiger partial charge in [0.2, 0.25) is 0 Å². The van der Waals surface area contributed by atoms with Crippen LogP contribution in [0.5, 0.6) is 0 Å². The molecular formula is C23H28F2O4S. The van der Waals surface area contributed by atoms with Crippen molar-refractivity contribution in [2.75, 3.05) is 0 Å². The maximum Gasteiger partial charge on any atom is 0.303 e. The predicted octanol–water partition coefficient (Wildman–Crippen LogP) is 5.55.